The van der Waals surface area contributed by atoms with Gasteiger partial charge in [-0.05, 0) is 26.1 Å². The maximum absolute atomic E-state index is 5.52. The topological polar surface area (TPSA) is 24.5 Å². The smallest absolute Gasteiger partial charge is 0.0795 e. The lowest BCUT2D eigenvalue weighted by Gasteiger charge is -2.15. The summed E-state index contributed by atoms with van der Waals surface area (Å²) in [5.74, 6) is 0. The number of nitrogens with one attached hydrogen (secondary N) is 1. The van der Waals surface area contributed by atoms with Crippen molar-refractivity contribution in [3.8, 4) is 0 Å². The molecule has 0 aliphatic heterocycles. The van der Waals surface area contributed by atoms with Gasteiger partial charge in [-0.2, -0.15) is 0 Å². The Balaban J connectivity index is 2.10. The van der Waals surface area contributed by atoms with Gasteiger partial charge in [-0.1, -0.05) is 31.4 Å². The van der Waals surface area contributed by atoms with Gasteiger partial charge < -0.3 is 15.0 Å². The van der Waals surface area contributed by atoms with E-state index in [1.165, 1.54) is 0 Å². The van der Waals surface area contributed by atoms with Crippen LogP contribution in [-0.2, 0) is 4.74 Å². The summed E-state index contributed by atoms with van der Waals surface area (Å²) in [5.41, 5.74) is 2.13. The largest absolute Gasteiger partial charge is 0.381 e. The summed E-state index contributed by atoms with van der Waals surface area (Å²) in [6.45, 7) is 8.41. The second-order valence-electron chi connectivity index (χ2n) is 4.09. The molecule has 1 rings (SSSR count). The average Bonchev–Trinajstić information content (AvgIpc) is 2.36. The van der Waals surface area contributed by atoms with Crippen molar-refractivity contribution in [2.75, 3.05) is 45.2 Å². The first kappa shape index (κ1) is 14.7. The highest BCUT2D eigenvalue weighted by Crippen LogP contribution is 2.24. The first-order chi connectivity index (χ1) is 8.07. The summed E-state index contributed by atoms with van der Waals surface area (Å²) in [7, 11) is 2.09. The van der Waals surface area contributed by atoms with E-state index in [4.69, 9.17) is 29.2 Å². The number of rotatable bonds is 8. The molecule has 0 aliphatic carbocycles. The summed E-state index contributed by atoms with van der Waals surface area (Å²) in [6, 6.07) is 0. The minimum atomic E-state index is 0.698. The predicted octanol–water partition coefficient (Wildman–Crippen LogP) is 2.71. The second-order valence-corrected chi connectivity index (χ2v) is 4.91. The van der Waals surface area contributed by atoms with Crippen LogP contribution in [0.25, 0.3) is 0 Å². The molecular formula is C12H20N2OS2. The lowest BCUT2D eigenvalue weighted by molar-refractivity contribution is 0.121. The molecule has 96 valence electrons. The Labute approximate surface area is 113 Å². The minimum absolute atomic E-state index is 0.698. The van der Waals surface area contributed by atoms with Crippen molar-refractivity contribution < 1.29 is 4.74 Å². The van der Waals surface area contributed by atoms with Crippen LogP contribution in [0.4, 0.5) is 5.69 Å². The van der Waals surface area contributed by atoms with Crippen molar-refractivity contribution in [2.24, 2.45) is 0 Å². The highest BCUT2D eigenvalue weighted by atomic mass is 32.1. The van der Waals surface area contributed by atoms with Gasteiger partial charge in [0.05, 0.1) is 27.9 Å². The van der Waals surface area contributed by atoms with Crippen LogP contribution >= 0.6 is 24.4 Å². The zero-order valence-corrected chi connectivity index (χ0v) is 12.3. The van der Waals surface area contributed by atoms with E-state index in [1.54, 1.807) is 0 Å². The van der Waals surface area contributed by atoms with Crippen LogP contribution in [0, 0.1) is 15.9 Å². The Bertz CT molecular complexity index is 424. The zero-order valence-electron chi connectivity index (χ0n) is 10.7. The van der Waals surface area contributed by atoms with Crippen molar-refractivity contribution in [1.29, 1.82) is 0 Å². The van der Waals surface area contributed by atoms with Gasteiger partial charge >= 0.3 is 0 Å². The third-order valence-electron chi connectivity index (χ3n) is 2.85. The van der Waals surface area contributed by atoms with E-state index in [2.05, 4.69) is 24.2 Å². The fraction of sp³-hybridized carbons (Fsp3) is 0.667. The summed E-state index contributed by atoms with van der Waals surface area (Å²) in [4.78, 5) is 2.22. The molecule has 0 fully saturated rings. The summed E-state index contributed by atoms with van der Waals surface area (Å²) in [5, 5.41) is 3.26. The highest BCUT2D eigenvalue weighted by Gasteiger charge is 2.08. The highest BCUT2D eigenvalue weighted by molar-refractivity contribution is 7.74. The van der Waals surface area contributed by atoms with Crippen LogP contribution in [-0.4, -0.2) is 44.8 Å². The molecule has 0 aromatic heterocycles. The Hall–Kier alpha value is -0.360. The Kier molecular flexibility index (Phi) is 6.19. The molecule has 17 heavy (non-hydrogen) atoms. The van der Waals surface area contributed by atoms with E-state index in [-0.39, 0.29) is 0 Å². The number of hydrogen-bond donors (Lipinski definition) is 1. The van der Waals surface area contributed by atoms with E-state index in [0.29, 0.717) is 6.61 Å². The molecule has 1 aromatic carbocycles. The molecule has 0 amide bonds. The summed E-state index contributed by atoms with van der Waals surface area (Å²) in [6.07, 6.45) is 0. The second kappa shape index (κ2) is 7.16. The standard InChI is InChI=1S/C12H20N2OS2/c1-4-14(3)6-8-15-7-5-13-10-9(2)11(16)12(10)17/h13H,4-8H2,1-3H3. The van der Waals surface area contributed by atoms with Gasteiger partial charge in [0, 0.05) is 13.1 Å². The number of ether oxygens (including phenoxy) is 1. The van der Waals surface area contributed by atoms with E-state index >= 15 is 0 Å². The normalized spacial score (nSPS) is 11.3. The minimum Gasteiger partial charge on any atom is -0.381 e. The lowest BCUT2D eigenvalue weighted by atomic mass is 10.1. The molecule has 0 spiro atoms. The number of hydrogen-bond acceptors (Lipinski definition) is 5. The van der Waals surface area contributed by atoms with Gasteiger partial charge in [0.2, 0.25) is 0 Å². The fourth-order valence-electron chi connectivity index (χ4n) is 1.45. The van der Waals surface area contributed by atoms with Crippen LogP contribution in [0.5, 0.6) is 0 Å². The molecule has 1 aromatic rings. The summed E-state index contributed by atoms with van der Waals surface area (Å²) < 4.78 is 7.14. The van der Waals surface area contributed by atoms with Crippen LogP contribution < -0.4 is 5.32 Å². The maximum Gasteiger partial charge on any atom is 0.0795 e. The third kappa shape index (κ3) is 4.10. The Morgan fingerprint density at radius 3 is 2.53 bits per heavy atom. The van der Waals surface area contributed by atoms with Crippen molar-refractivity contribution >= 4 is 30.1 Å². The van der Waals surface area contributed by atoms with Crippen LogP contribution in [0.3, 0.4) is 0 Å². The van der Waals surface area contributed by atoms with Gasteiger partial charge in [-0.3, -0.25) is 0 Å². The molecule has 5 heteroatoms. The van der Waals surface area contributed by atoms with Gasteiger partial charge in [-0.25, -0.2) is 0 Å². The van der Waals surface area contributed by atoms with Gasteiger partial charge in [0.25, 0.3) is 0 Å². The molecule has 0 saturated carbocycles. The van der Waals surface area contributed by atoms with E-state index in [0.717, 1.165) is 46.5 Å². The molecule has 0 unspecified atom stereocenters. The molecule has 0 heterocycles. The van der Waals surface area contributed by atoms with E-state index in [1.807, 2.05) is 6.92 Å². The Morgan fingerprint density at radius 2 is 1.94 bits per heavy atom. The number of nitrogens with zero attached hydrogens (tertiary/aromatic N) is 1. The van der Waals surface area contributed by atoms with Crippen LogP contribution in [0.2, 0.25) is 0 Å². The van der Waals surface area contributed by atoms with E-state index < -0.39 is 0 Å². The van der Waals surface area contributed by atoms with Crippen molar-refractivity contribution in [3.05, 3.63) is 14.6 Å². The van der Waals surface area contributed by atoms with Crippen molar-refractivity contribution in [3.63, 3.8) is 0 Å². The molecule has 0 saturated heterocycles. The monoisotopic (exact) mass is 272 g/mol. The van der Waals surface area contributed by atoms with Crippen LogP contribution in [0.15, 0.2) is 0 Å². The number of anilines is 1. The lowest BCUT2D eigenvalue weighted by Crippen LogP contribution is -2.23. The third-order valence-corrected chi connectivity index (χ3v) is 3.90. The average molecular weight is 272 g/mol. The molecule has 0 bridgehead atoms. The Morgan fingerprint density at radius 1 is 1.24 bits per heavy atom. The number of likely N-dealkylation sites (N-methyl/N-ethyl adjacent to an activating group) is 1. The SMILES string of the molecule is CCN(C)CCOCCNc1c(C)c(=S)c1=S. The van der Waals surface area contributed by atoms with Crippen molar-refractivity contribution in [1.82, 2.24) is 4.90 Å². The molecule has 1 N–H and O–H groups in total. The first-order valence-corrected chi connectivity index (χ1v) is 6.69. The zero-order chi connectivity index (χ0) is 12.8. The maximum atomic E-state index is 5.52. The van der Waals surface area contributed by atoms with Crippen molar-refractivity contribution in [2.45, 2.75) is 13.8 Å². The fourth-order valence-corrected chi connectivity index (χ4v) is 2.03. The quantitative estimate of drug-likeness (QED) is 0.579. The predicted molar refractivity (Wildman–Crippen MR) is 77.7 cm³/mol. The van der Waals surface area contributed by atoms with Crippen LogP contribution in [0.1, 0.15) is 12.5 Å². The molecule has 0 aliphatic rings. The van der Waals surface area contributed by atoms with Gasteiger partial charge in [-0.15, -0.1) is 0 Å². The first-order valence-electron chi connectivity index (χ1n) is 5.88. The molecule has 3 nitrogen and oxygen atoms in total. The molecular weight excluding hydrogens is 252 g/mol. The van der Waals surface area contributed by atoms with E-state index in [9.17, 15) is 0 Å². The summed E-state index contributed by atoms with van der Waals surface area (Å²) >= 11 is 10.2. The molecule has 0 radical (unpaired) electrons. The van der Waals surface area contributed by atoms with Gasteiger partial charge in [0.15, 0.2) is 0 Å². The molecule has 0 atom stereocenters. The van der Waals surface area contributed by atoms with Gasteiger partial charge in [0.1, 0.15) is 0 Å².